The van der Waals surface area contributed by atoms with Crippen molar-refractivity contribution < 1.29 is 14.6 Å². The molecular weight excluding hydrogens is 539 g/mol. The third kappa shape index (κ3) is 7.55. The van der Waals surface area contributed by atoms with Gasteiger partial charge in [0.15, 0.2) is 0 Å². The Morgan fingerprint density at radius 2 is 1.44 bits per heavy atom. The number of halogens is 3. The first-order chi connectivity index (χ1) is 17.2. The normalized spacial score (nSPS) is 19.6. The Morgan fingerprint density at radius 1 is 0.889 bits per heavy atom. The summed E-state index contributed by atoms with van der Waals surface area (Å²) >= 11 is 16.4. The number of nitrogens with one attached hydrogen (secondary N) is 1. The lowest BCUT2D eigenvalue weighted by atomic mass is 9.85. The van der Waals surface area contributed by atoms with Gasteiger partial charge in [0.1, 0.15) is 12.4 Å². The molecule has 2 fully saturated rings. The highest BCUT2D eigenvalue weighted by Gasteiger charge is 2.31. The molecule has 0 atom stereocenters. The molecule has 0 unspecified atom stereocenters. The molecule has 13 nitrogen and oxygen atoms in total. The highest BCUT2D eigenvalue weighted by Crippen LogP contribution is 2.31. The topological polar surface area (TPSA) is 170 Å². The van der Waals surface area contributed by atoms with Crippen molar-refractivity contribution in [2.45, 2.75) is 51.0 Å². The summed E-state index contributed by atoms with van der Waals surface area (Å²) in [6.45, 7) is 1.76. The minimum atomic E-state index is -0.682. The van der Waals surface area contributed by atoms with Gasteiger partial charge in [0, 0.05) is 25.0 Å². The first-order valence-electron chi connectivity index (χ1n) is 11.2. The number of aromatic nitrogens is 4. The van der Waals surface area contributed by atoms with Crippen LogP contribution in [0.3, 0.4) is 0 Å². The lowest BCUT2D eigenvalue weighted by molar-refractivity contribution is -0.385. The zero-order chi connectivity index (χ0) is 26.2. The van der Waals surface area contributed by atoms with Crippen molar-refractivity contribution in [3.63, 3.8) is 0 Å². The molecule has 0 aromatic carbocycles. The maximum Gasteiger partial charge on any atom is 0.329 e. The minimum absolute atomic E-state index is 0.0259. The summed E-state index contributed by atoms with van der Waals surface area (Å²) in [6.07, 6.45) is 8.62. The van der Waals surface area contributed by atoms with E-state index >= 15 is 0 Å². The van der Waals surface area contributed by atoms with Gasteiger partial charge in [-0.15, -0.1) is 0 Å². The standard InChI is InChI=1S/C16H22ClN5O3.C4HCl2N3O2/c17-16-18-10-13(22(24)25)14(20-16)19-12-6-4-11(5-7-12)15(23)21-8-2-1-3-9-21;5-3-2(9(10)11)1-7-4(6)8-3/h10-12H,1-9H2,(H,18,19,20);1H. The first-order valence-corrected chi connectivity index (χ1v) is 12.3. The number of carbonyl (C=O) groups excluding carboxylic acids is 1. The summed E-state index contributed by atoms with van der Waals surface area (Å²) < 4.78 is 0. The number of amides is 1. The molecule has 1 aliphatic heterocycles. The average Bonchev–Trinajstić information content (AvgIpc) is 2.84. The van der Waals surface area contributed by atoms with E-state index in [4.69, 9.17) is 34.8 Å². The summed E-state index contributed by atoms with van der Waals surface area (Å²) in [5.74, 6) is 0.491. The van der Waals surface area contributed by atoms with Gasteiger partial charge in [-0.05, 0) is 68.1 Å². The molecule has 16 heteroatoms. The molecule has 1 amide bonds. The average molecular weight is 562 g/mol. The molecule has 36 heavy (non-hydrogen) atoms. The third-order valence-corrected chi connectivity index (χ3v) is 6.56. The van der Waals surface area contributed by atoms with Crippen LogP contribution < -0.4 is 5.32 Å². The van der Waals surface area contributed by atoms with E-state index in [2.05, 4.69) is 25.3 Å². The van der Waals surface area contributed by atoms with Crippen LogP contribution in [0.5, 0.6) is 0 Å². The molecule has 194 valence electrons. The summed E-state index contributed by atoms with van der Waals surface area (Å²) in [7, 11) is 0. The van der Waals surface area contributed by atoms with Crippen molar-refractivity contribution in [1.82, 2.24) is 24.8 Å². The fourth-order valence-electron chi connectivity index (χ4n) is 4.10. The Kier molecular flexibility index (Phi) is 9.90. The smallest absolute Gasteiger partial charge is 0.329 e. The molecule has 1 saturated heterocycles. The quantitative estimate of drug-likeness (QED) is 0.233. The fourth-order valence-corrected chi connectivity index (χ4v) is 4.61. The van der Waals surface area contributed by atoms with Crippen LogP contribution in [0.2, 0.25) is 15.7 Å². The Morgan fingerprint density at radius 3 is 2.00 bits per heavy atom. The van der Waals surface area contributed by atoms with E-state index in [0.29, 0.717) is 0 Å². The van der Waals surface area contributed by atoms with Gasteiger partial charge < -0.3 is 10.2 Å². The van der Waals surface area contributed by atoms with E-state index in [1.165, 1.54) is 6.42 Å². The molecule has 4 rings (SSSR count). The van der Waals surface area contributed by atoms with E-state index < -0.39 is 9.85 Å². The van der Waals surface area contributed by atoms with Gasteiger partial charge in [-0.25, -0.2) is 9.97 Å². The van der Waals surface area contributed by atoms with Crippen molar-refractivity contribution >= 4 is 57.9 Å². The van der Waals surface area contributed by atoms with Crippen LogP contribution in [-0.2, 0) is 4.79 Å². The predicted octanol–water partition coefficient (Wildman–Crippen LogP) is 4.71. The number of likely N-dealkylation sites (tertiary alicyclic amines) is 1. The van der Waals surface area contributed by atoms with Gasteiger partial charge in [0.05, 0.1) is 9.85 Å². The molecule has 0 spiro atoms. The maximum atomic E-state index is 12.6. The van der Waals surface area contributed by atoms with Crippen molar-refractivity contribution in [1.29, 1.82) is 0 Å². The van der Waals surface area contributed by atoms with Gasteiger partial charge in [-0.2, -0.15) is 9.97 Å². The zero-order valence-corrected chi connectivity index (χ0v) is 21.2. The van der Waals surface area contributed by atoms with E-state index in [0.717, 1.165) is 64.0 Å². The highest BCUT2D eigenvalue weighted by molar-refractivity contribution is 6.33. The molecule has 1 saturated carbocycles. The number of piperidine rings is 1. The predicted molar refractivity (Wildman–Crippen MR) is 132 cm³/mol. The fraction of sp³-hybridized carbons (Fsp3) is 0.550. The number of hydrogen-bond donors (Lipinski definition) is 1. The lowest BCUT2D eigenvalue weighted by Gasteiger charge is -2.34. The molecule has 0 radical (unpaired) electrons. The van der Waals surface area contributed by atoms with Crippen LogP contribution >= 0.6 is 34.8 Å². The minimum Gasteiger partial charge on any atom is -0.361 e. The van der Waals surface area contributed by atoms with Crippen LogP contribution in [0.15, 0.2) is 12.4 Å². The number of nitrogens with zero attached hydrogens (tertiary/aromatic N) is 7. The molecule has 2 aromatic rings. The molecule has 2 aromatic heterocycles. The second-order valence-corrected chi connectivity index (χ2v) is 9.32. The van der Waals surface area contributed by atoms with Crippen molar-refractivity contribution in [3.8, 4) is 0 Å². The van der Waals surface area contributed by atoms with E-state index in [1.54, 1.807) is 0 Å². The van der Waals surface area contributed by atoms with Crippen molar-refractivity contribution in [3.05, 3.63) is 48.3 Å². The second kappa shape index (κ2) is 12.9. The number of nitro groups is 2. The number of hydrogen-bond acceptors (Lipinski definition) is 10. The van der Waals surface area contributed by atoms with Crippen LogP contribution in [0.1, 0.15) is 44.9 Å². The van der Waals surface area contributed by atoms with E-state index in [-0.39, 0.29) is 50.8 Å². The molecule has 2 aliphatic rings. The van der Waals surface area contributed by atoms with Crippen LogP contribution in [-0.4, -0.2) is 59.7 Å². The van der Waals surface area contributed by atoms with Crippen LogP contribution in [0.25, 0.3) is 0 Å². The Labute approximate surface area is 220 Å². The Hall–Kier alpha value is -2.90. The Balaban J connectivity index is 0.000000275. The molecule has 3 heterocycles. The third-order valence-electron chi connectivity index (χ3n) is 5.91. The number of rotatable bonds is 5. The summed E-state index contributed by atoms with van der Waals surface area (Å²) in [4.78, 5) is 49.0. The van der Waals surface area contributed by atoms with E-state index in [1.807, 2.05) is 4.90 Å². The zero-order valence-electron chi connectivity index (χ0n) is 19.0. The maximum absolute atomic E-state index is 12.6. The van der Waals surface area contributed by atoms with Gasteiger partial charge in [-0.1, -0.05) is 11.6 Å². The largest absolute Gasteiger partial charge is 0.361 e. The van der Waals surface area contributed by atoms with Crippen molar-refractivity contribution in [2.75, 3.05) is 18.4 Å². The molecule has 0 bridgehead atoms. The van der Waals surface area contributed by atoms with Gasteiger partial charge >= 0.3 is 11.4 Å². The van der Waals surface area contributed by atoms with Gasteiger partial charge in [0.25, 0.3) is 0 Å². The van der Waals surface area contributed by atoms with Gasteiger partial charge in [-0.3, -0.25) is 25.0 Å². The van der Waals surface area contributed by atoms with Crippen molar-refractivity contribution in [2.24, 2.45) is 5.92 Å². The lowest BCUT2D eigenvalue weighted by Crippen LogP contribution is -2.41. The first kappa shape index (κ1) is 27.7. The van der Waals surface area contributed by atoms with E-state index in [9.17, 15) is 25.0 Å². The van der Waals surface area contributed by atoms with Crippen LogP contribution in [0.4, 0.5) is 17.2 Å². The molecule has 1 aliphatic carbocycles. The second-order valence-electron chi connectivity index (χ2n) is 8.28. The Bertz CT molecular complexity index is 1110. The number of anilines is 1. The summed E-state index contributed by atoms with van der Waals surface area (Å²) in [5.41, 5.74) is -0.535. The summed E-state index contributed by atoms with van der Waals surface area (Å²) in [6, 6.07) is 0.0510. The van der Waals surface area contributed by atoms with Gasteiger partial charge in [0.2, 0.25) is 27.4 Å². The number of carbonyl (C=O) groups is 1. The monoisotopic (exact) mass is 560 g/mol. The highest BCUT2D eigenvalue weighted by atomic mass is 35.5. The van der Waals surface area contributed by atoms with Crippen LogP contribution in [0, 0.1) is 26.1 Å². The SMILES string of the molecule is O=C(C1CCC(Nc2nc(Cl)ncc2[N+](=O)[O-])CC1)N1CCCCC1.O=[N+]([O-])c1cnc(Cl)nc1Cl. The molecule has 1 N–H and O–H groups in total. The molecular formula is C20H23Cl3N8O5. The summed E-state index contributed by atoms with van der Waals surface area (Å²) in [5, 5.41) is 23.9.